The Kier molecular flexibility index (Phi) is 5.18. The van der Waals surface area contributed by atoms with Crippen molar-refractivity contribution in [2.45, 2.75) is 81.3 Å². The van der Waals surface area contributed by atoms with E-state index in [9.17, 15) is 9.59 Å². The lowest BCUT2D eigenvalue weighted by Crippen LogP contribution is -2.58. The molecule has 33 heavy (non-hydrogen) atoms. The number of hydrogen-bond acceptors (Lipinski definition) is 5. The van der Waals surface area contributed by atoms with Gasteiger partial charge in [0.05, 0.1) is 6.54 Å². The zero-order valence-corrected chi connectivity index (χ0v) is 19.1. The molecule has 2 atom stereocenters. The number of amides is 2. The van der Waals surface area contributed by atoms with Crippen LogP contribution in [-0.4, -0.2) is 29.7 Å². The molecule has 1 aromatic carbocycles. The van der Waals surface area contributed by atoms with Crippen LogP contribution in [0.1, 0.15) is 75.7 Å². The zero-order chi connectivity index (χ0) is 22.6. The number of ether oxygens (including phenoxy) is 1. The molecule has 178 valence electrons. The number of primary amides is 1. The smallest absolute Gasteiger partial charge is 0.410 e. The summed E-state index contributed by atoms with van der Waals surface area (Å²) in [5.41, 5.74) is 6.08. The van der Waals surface area contributed by atoms with Crippen LogP contribution >= 0.6 is 0 Å². The molecular weight excluding hydrogens is 420 g/mol. The third-order valence-corrected chi connectivity index (χ3v) is 9.26. The van der Waals surface area contributed by atoms with E-state index < -0.39 is 12.0 Å². The summed E-state index contributed by atoms with van der Waals surface area (Å²) in [5.74, 6) is 3.47. The maximum atomic E-state index is 11.8. The van der Waals surface area contributed by atoms with Crippen LogP contribution in [-0.2, 0) is 14.6 Å². The van der Waals surface area contributed by atoms with Gasteiger partial charge in [-0.15, -0.1) is 0 Å². The third-order valence-electron chi connectivity index (χ3n) is 9.26. The summed E-state index contributed by atoms with van der Waals surface area (Å²) in [4.78, 5) is 35.3. The van der Waals surface area contributed by atoms with E-state index >= 15 is 0 Å². The average molecular weight is 455 g/mol. The van der Waals surface area contributed by atoms with Crippen molar-refractivity contribution in [3.8, 4) is 5.75 Å². The molecule has 5 saturated carbocycles. The Balaban J connectivity index is 1.12. The average Bonchev–Trinajstić information content (AvgIpc) is 3.15. The quantitative estimate of drug-likeness (QED) is 0.664. The van der Waals surface area contributed by atoms with Crippen LogP contribution in [0.4, 0.5) is 4.79 Å². The van der Waals surface area contributed by atoms with Crippen molar-refractivity contribution >= 4 is 12.0 Å². The number of hydrogen-bond donors (Lipinski definition) is 2. The standard InChI is InChI=1S/C26H34N2O5/c27-23(29)14-28-24(30)31-22-5-3-18(4-6-22)19-2-1-7-25(13-19)15-26(33-32-25)20-9-16-8-17(11-20)12-21(26)10-16/h3-6,16-17,19-21H,1-2,7-15H2,(H2,27,29)(H,28,30)/t16?,17?,19?,20?,21?,25-,26?/m1/s1. The minimum Gasteiger partial charge on any atom is -0.410 e. The van der Waals surface area contributed by atoms with Crippen molar-refractivity contribution in [3.05, 3.63) is 29.8 Å². The zero-order valence-electron chi connectivity index (χ0n) is 19.1. The van der Waals surface area contributed by atoms with Crippen molar-refractivity contribution in [2.75, 3.05) is 6.54 Å². The predicted molar refractivity (Wildman–Crippen MR) is 120 cm³/mol. The van der Waals surface area contributed by atoms with E-state index in [-0.39, 0.29) is 17.7 Å². The van der Waals surface area contributed by atoms with Gasteiger partial charge in [0.15, 0.2) is 0 Å². The molecule has 2 spiro atoms. The Bertz CT molecular complexity index is 903. The second kappa shape index (κ2) is 7.98. The molecule has 7 nitrogen and oxygen atoms in total. The first-order valence-electron chi connectivity index (χ1n) is 12.6. The van der Waals surface area contributed by atoms with Gasteiger partial charge < -0.3 is 15.8 Å². The summed E-state index contributed by atoms with van der Waals surface area (Å²) >= 11 is 0. The number of benzene rings is 1. The molecule has 7 rings (SSSR count). The summed E-state index contributed by atoms with van der Waals surface area (Å²) < 4.78 is 5.23. The predicted octanol–water partition coefficient (Wildman–Crippen LogP) is 4.20. The lowest BCUT2D eigenvalue weighted by molar-refractivity contribution is -0.385. The fraction of sp³-hybridized carbons (Fsp3) is 0.692. The normalized spacial score (nSPS) is 40.9. The first-order chi connectivity index (χ1) is 15.9. The van der Waals surface area contributed by atoms with E-state index in [0.29, 0.717) is 23.5 Å². The molecule has 1 unspecified atom stereocenters. The highest BCUT2D eigenvalue weighted by molar-refractivity contribution is 5.81. The SMILES string of the molecule is NC(=O)CNC(=O)Oc1ccc(C2CCC[C@@]3(C2)CC2(OO3)C3CC4CC(C3)CC2C4)cc1. The van der Waals surface area contributed by atoms with Crippen LogP contribution in [0.15, 0.2) is 24.3 Å². The summed E-state index contributed by atoms with van der Waals surface area (Å²) in [6.45, 7) is -0.242. The van der Waals surface area contributed by atoms with Gasteiger partial charge in [-0.3, -0.25) is 4.79 Å². The first kappa shape index (κ1) is 21.4. The highest BCUT2D eigenvalue weighted by Crippen LogP contribution is 2.65. The Morgan fingerprint density at radius 2 is 1.73 bits per heavy atom. The third kappa shape index (κ3) is 3.83. The molecule has 6 aliphatic rings. The van der Waals surface area contributed by atoms with Crippen LogP contribution in [0, 0.1) is 23.7 Å². The highest BCUT2D eigenvalue weighted by atomic mass is 17.2. The molecule has 0 aromatic heterocycles. The minimum absolute atomic E-state index is 0.0364. The van der Waals surface area contributed by atoms with E-state index in [1.54, 1.807) is 0 Å². The van der Waals surface area contributed by atoms with Crippen molar-refractivity contribution in [1.29, 1.82) is 0 Å². The van der Waals surface area contributed by atoms with Crippen molar-refractivity contribution in [2.24, 2.45) is 29.4 Å². The van der Waals surface area contributed by atoms with Gasteiger partial charge in [0.25, 0.3) is 0 Å². The van der Waals surface area contributed by atoms with E-state index in [4.69, 9.17) is 20.2 Å². The largest absolute Gasteiger partial charge is 0.413 e. The summed E-state index contributed by atoms with van der Waals surface area (Å²) in [7, 11) is 0. The molecule has 1 aliphatic heterocycles. The fourth-order valence-electron chi connectivity index (χ4n) is 8.09. The molecule has 1 aromatic rings. The van der Waals surface area contributed by atoms with E-state index in [2.05, 4.69) is 5.32 Å². The van der Waals surface area contributed by atoms with Crippen LogP contribution in [0.25, 0.3) is 0 Å². The maximum Gasteiger partial charge on any atom is 0.413 e. The second-order valence-electron chi connectivity index (χ2n) is 11.4. The molecule has 3 N–H and O–H groups in total. The van der Waals surface area contributed by atoms with Crippen molar-refractivity contribution < 1.29 is 24.1 Å². The van der Waals surface area contributed by atoms with Gasteiger partial charge in [0.2, 0.25) is 5.91 Å². The number of carbonyl (C=O) groups excluding carboxylic acids is 2. The molecule has 5 aliphatic carbocycles. The van der Waals surface area contributed by atoms with Gasteiger partial charge >= 0.3 is 6.09 Å². The summed E-state index contributed by atoms with van der Waals surface area (Å²) in [5, 5.41) is 2.33. The fourth-order valence-corrected chi connectivity index (χ4v) is 8.09. The van der Waals surface area contributed by atoms with E-state index in [1.165, 1.54) is 37.7 Å². The number of rotatable bonds is 4. The molecule has 1 heterocycles. The van der Waals surface area contributed by atoms with Gasteiger partial charge in [-0.05, 0) is 105 Å². The van der Waals surface area contributed by atoms with E-state index in [1.807, 2.05) is 24.3 Å². The highest BCUT2D eigenvalue weighted by Gasteiger charge is 2.65. The summed E-state index contributed by atoms with van der Waals surface area (Å²) in [6, 6.07) is 7.70. The Labute approximate surface area is 194 Å². The molecule has 1 saturated heterocycles. The summed E-state index contributed by atoms with van der Waals surface area (Å²) in [6.07, 6.45) is 11.5. The van der Waals surface area contributed by atoms with Crippen molar-refractivity contribution in [1.82, 2.24) is 5.32 Å². The lowest BCUT2D eigenvalue weighted by atomic mass is 9.48. The molecule has 6 fully saturated rings. The number of nitrogens with two attached hydrogens (primary N) is 1. The number of carbonyl (C=O) groups is 2. The van der Waals surface area contributed by atoms with Crippen LogP contribution in [0.2, 0.25) is 0 Å². The van der Waals surface area contributed by atoms with Gasteiger partial charge in [-0.2, -0.15) is 0 Å². The van der Waals surface area contributed by atoms with Gasteiger partial charge in [-0.25, -0.2) is 14.6 Å². The Morgan fingerprint density at radius 1 is 1.03 bits per heavy atom. The first-order valence-corrected chi connectivity index (χ1v) is 12.6. The van der Waals surface area contributed by atoms with Gasteiger partial charge in [0, 0.05) is 6.42 Å². The molecule has 7 heteroatoms. The minimum atomic E-state index is -0.685. The number of nitrogens with one attached hydrogen (secondary N) is 1. The van der Waals surface area contributed by atoms with Crippen LogP contribution in [0.5, 0.6) is 5.75 Å². The molecule has 4 bridgehead atoms. The second-order valence-corrected chi connectivity index (χ2v) is 11.4. The van der Waals surface area contributed by atoms with Gasteiger partial charge in [0.1, 0.15) is 17.0 Å². The van der Waals surface area contributed by atoms with E-state index in [0.717, 1.165) is 43.9 Å². The van der Waals surface area contributed by atoms with Crippen molar-refractivity contribution in [3.63, 3.8) is 0 Å². The van der Waals surface area contributed by atoms with Crippen LogP contribution in [0.3, 0.4) is 0 Å². The Morgan fingerprint density at radius 3 is 2.39 bits per heavy atom. The maximum absolute atomic E-state index is 11.8. The monoisotopic (exact) mass is 454 g/mol. The van der Waals surface area contributed by atoms with Gasteiger partial charge in [-0.1, -0.05) is 12.1 Å². The Hall–Kier alpha value is -2.12. The molecular formula is C26H34N2O5. The molecule has 0 radical (unpaired) electrons. The topological polar surface area (TPSA) is 99.9 Å². The molecule has 2 amide bonds. The van der Waals surface area contributed by atoms with Crippen LogP contribution < -0.4 is 15.8 Å². The lowest BCUT2D eigenvalue weighted by Gasteiger charge is -2.58.